The second-order valence-corrected chi connectivity index (χ2v) is 7.48. The summed E-state index contributed by atoms with van der Waals surface area (Å²) in [5.74, 6) is 1.17. The quantitative estimate of drug-likeness (QED) is 0.596. The summed E-state index contributed by atoms with van der Waals surface area (Å²) < 4.78 is 37.4. The van der Waals surface area contributed by atoms with Gasteiger partial charge in [0.2, 0.25) is 10.0 Å². The van der Waals surface area contributed by atoms with Crippen LogP contribution < -0.4 is 9.47 Å². The van der Waals surface area contributed by atoms with Crippen LogP contribution in [-0.4, -0.2) is 37.9 Å². The summed E-state index contributed by atoms with van der Waals surface area (Å²) in [7, 11) is -2.64. The van der Waals surface area contributed by atoms with E-state index >= 15 is 0 Å². The molecule has 0 spiro atoms. The summed E-state index contributed by atoms with van der Waals surface area (Å²) in [6.45, 7) is 0.949. The van der Waals surface area contributed by atoms with Crippen LogP contribution in [0.3, 0.4) is 0 Å². The van der Waals surface area contributed by atoms with Gasteiger partial charge in [-0.1, -0.05) is 18.2 Å². The fourth-order valence-electron chi connectivity index (χ4n) is 2.52. The van der Waals surface area contributed by atoms with Gasteiger partial charge in [-0.05, 0) is 23.8 Å². The second kappa shape index (κ2) is 6.69. The molecule has 0 saturated heterocycles. The van der Waals surface area contributed by atoms with Crippen LogP contribution in [0.15, 0.2) is 47.4 Å². The van der Waals surface area contributed by atoms with Gasteiger partial charge in [-0.15, -0.1) is 0 Å². The molecule has 2 aromatic rings. The van der Waals surface area contributed by atoms with E-state index in [1.165, 1.54) is 31.3 Å². The molecule has 1 aliphatic heterocycles. The lowest BCUT2D eigenvalue weighted by molar-refractivity contribution is -0.387. The first-order valence-electron chi connectivity index (χ1n) is 7.48. The summed E-state index contributed by atoms with van der Waals surface area (Å²) in [4.78, 5) is 10.1. The first-order chi connectivity index (χ1) is 11.9. The van der Waals surface area contributed by atoms with Gasteiger partial charge < -0.3 is 9.47 Å². The van der Waals surface area contributed by atoms with E-state index in [1.54, 1.807) is 18.2 Å². The zero-order valence-corrected chi connectivity index (χ0v) is 14.2. The van der Waals surface area contributed by atoms with Crippen molar-refractivity contribution in [1.29, 1.82) is 0 Å². The molecule has 3 rings (SSSR count). The van der Waals surface area contributed by atoms with Crippen LogP contribution in [0, 0.1) is 10.1 Å². The zero-order valence-electron chi connectivity index (χ0n) is 13.4. The predicted octanol–water partition coefficient (Wildman–Crippen LogP) is 2.19. The van der Waals surface area contributed by atoms with Crippen molar-refractivity contribution in [1.82, 2.24) is 4.31 Å². The van der Waals surface area contributed by atoms with Crippen molar-refractivity contribution >= 4 is 15.7 Å². The summed E-state index contributed by atoms with van der Waals surface area (Å²) >= 11 is 0. The summed E-state index contributed by atoms with van der Waals surface area (Å²) in [5, 5.41) is 11.1. The van der Waals surface area contributed by atoms with Gasteiger partial charge in [0, 0.05) is 19.7 Å². The predicted molar refractivity (Wildman–Crippen MR) is 89.2 cm³/mol. The number of sulfonamides is 1. The minimum atomic E-state index is -4.01. The van der Waals surface area contributed by atoms with Crippen molar-refractivity contribution in [3.05, 3.63) is 58.1 Å². The number of rotatable bonds is 5. The zero-order chi connectivity index (χ0) is 18.0. The summed E-state index contributed by atoms with van der Waals surface area (Å²) in [6, 6.07) is 10.4. The van der Waals surface area contributed by atoms with Gasteiger partial charge in [0.25, 0.3) is 5.69 Å². The molecule has 0 unspecified atom stereocenters. The molecular weight excluding hydrogens is 348 g/mol. The highest BCUT2D eigenvalue weighted by Gasteiger charge is 2.29. The van der Waals surface area contributed by atoms with E-state index in [-0.39, 0.29) is 11.4 Å². The molecule has 25 heavy (non-hydrogen) atoms. The number of hydrogen-bond acceptors (Lipinski definition) is 6. The van der Waals surface area contributed by atoms with E-state index in [0.29, 0.717) is 30.3 Å². The number of hydrogen-bond donors (Lipinski definition) is 0. The lowest BCUT2D eigenvalue weighted by atomic mass is 10.2. The molecule has 0 saturated carbocycles. The fourth-order valence-corrected chi connectivity index (χ4v) is 3.83. The first kappa shape index (κ1) is 17.2. The topological polar surface area (TPSA) is 99.0 Å². The largest absolute Gasteiger partial charge is 0.486 e. The normalized spacial score (nSPS) is 13.7. The fraction of sp³-hybridized carbons (Fsp3) is 0.250. The van der Waals surface area contributed by atoms with Gasteiger partial charge >= 0.3 is 0 Å². The van der Waals surface area contributed by atoms with Crippen LogP contribution in [0.2, 0.25) is 0 Å². The Morgan fingerprint density at radius 1 is 1.12 bits per heavy atom. The van der Waals surface area contributed by atoms with Crippen molar-refractivity contribution < 1.29 is 22.8 Å². The Morgan fingerprint density at radius 3 is 2.52 bits per heavy atom. The van der Waals surface area contributed by atoms with E-state index in [2.05, 4.69) is 0 Å². The van der Waals surface area contributed by atoms with Crippen LogP contribution in [0.1, 0.15) is 5.56 Å². The summed E-state index contributed by atoms with van der Waals surface area (Å²) in [5.41, 5.74) is 0.241. The highest BCUT2D eigenvalue weighted by Crippen LogP contribution is 2.32. The third-order valence-corrected chi connectivity index (χ3v) is 5.61. The molecule has 0 N–H and O–H groups in total. The Balaban J connectivity index is 1.88. The number of benzene rings is 2. The van der Waals surface area contributed by atoms with Crippen LogP contribution in [0.5, 0.6) is 11.5 Å². The Morgan fingerprint density at radius 2 is 1.80 bits per heavy atom. The van der Waals surface area contributed by atoms with E-state index < -0.39 is 20.6 Å². The van der Waals surface area contributed by atoms with Gasteiger partial charge in [0.05, 0.1) is 4.92 Å². The molecule has 0 bridgehead atoms. The molecule has 0 aromatic heterocycles. The molecule has 0 aliphatic carbocycles. The molecule has 1 aliphatic rings. The Kier molecular flexibility index (Phi) is 4.60. The number of nitro groups is 1. The maximum atomic E-state index is 12.7. The number of nitrogens with zero attached hydrogens (tertiary/aromatic N) is 2. The molecule has 132 valence electrons. The highest BCUT2D eigenvalue weighted by molar-refractivity contribution is 7.89. The minimum Gasteiger partial charge on any atom is -0.486 e. The number of fused-ring (bicyclic) bond motifs is 1. The van der Waals surface area contributed by atoms with E-state index in [9.17, 15) is 18.5 Å². The maximum Gasteiger partial charge on any atom is 0.289 e. The molecule has 9 heteroatoms. The van der Waals surface area contributed by atoms with Crippen LogP contribution in [0.25, 0.3) is 0 Å². The average Bonchev–Trinajstić information content (AvgIpc) is 2.61. The molecular formula is C16H16N2O6S. The lowest BCUT2D eigenvalue weighted by Gasteiger charge is -2.21. The van der Waals surface area contributed by atoms with E-state index in [4.69, 9.17) is 9.47 Å². The Bertz CT molecular complexity index is 913. The molecule has 8 nitrogen and oxygen atoms in total. The van der Waals surface area contributed by atoms with Gasteiger partial charge in [0.15, 0.2) is 16.4 Å². The van der Waals surface area contributed by atoms with Gasteiger partial charge in [-0.2, -0.15) is 4.31 Å². The standard InChI is InChI=1S/C16H16N2O6S/c1-17(11-12-6-7-14-15(10-12)24-9-8-23-14)25(21,22)16-5-3-2-4-13(16)18(19)20/h2-7,10H,8-9,11H2,1H3. The monoisotopic (exact) mass is 364 g/mol. The number of nitro benzene ring substituents is 1. The van der Waals surface area contributed by atoms with Crippen molar-refractivity contribution in [3.63, 3.8) is 0 Å². The molecule has 0 fully saturated rings. The molecule has 0 radical (unpaired) electrons. The molecule has 0 atom stereocenters. The molecule has 1 heterocycles. The molecule has 2 aromatic carbocycles. The Hall–Kier alpha value is -2.65. The maximum absolute atomic E-state index is 12.7. The number of ether oxygens (including phenoxy) is 2. The van der Waals surface area contributed by atoms with Gasteiger partial charge in [-0.3, -0.25) is 10.1 Å². The summed E-state index contributed by atoms with van der Waals surface area (Å²) in [6.07, 6.45) is 0. The smallest absolute Gasteiger partial charge is 0.289 e. The van der Waals surface area contributed by atoms with Crippen LogP contribution in [0.4, 0.5) is 5.69 Å². The van der Waals surface area contributed by atoms with Crippen LogP contribution >= 0.6 is 0 Å². The highest BCUT2D eigenvalue weighted by atomic mass is 32.2. The Labute approximate surface area is 144 Å². The van der Waals surface area contributed by atoms with Gasteiger partial charge in [0.1, 0.15) is 13.2 Å². The number of para-hydroxylation sites is 1. The lowest BCUT2D eigenvalue weighted by Crippen LogP contribution is -2.27. The second-order valence-electron chi connectivity index (χ2n) is 5.46. The van der Waals surface area contributed by atoms with Gasteiger partial charge in [-0.25, -0.2) is 8.42 Å². The van der Waals surface area contributed by atoms with E-state index in [1.807, 2.05) is 0 Å². The third kappa shape index (κ3) is 3.42. The van der Waals surface area contributed by atoms with Crippen molar-refractivity contribution in [2.24, 2.45) is 0 Å². The molecule has 0 amide bonds. The van der Waals surface area contributed by atoms with Crippen LogP contribution in [-0.2, 0) is 16.6 Å². The first-order valence-corrected chi connectivity index (χ1v) is 8.92. The van der Waals surface area contributed by atoms with E-state index in [0.717, 1.165) is 4.31 Å². The third-order valence-electron chi connectivity index (χ3n) is 3.76. The average molecular weight is 364 g/mol. The minimum absolute atomic E-state index is 0.0466. The van der Waals surface area contributed by atoms with Crippen molar-refractivity contribution in [2.45, 2.75) is 11.4 Å². The van der Waals surface area contributed by atoms with Crippen molar-refractivity contribution in [2.75, 3.05) is 20.3 Å². The SMILES string of the molecule is CN(Cc1ccc2c(c1)OCCO2)S(=O)(=O)c1ccccc1[N+](=O)[O-]. The van der Waals surface area contributed by atoms with Crippen molar-refractivity contribution in [3.8, 4) is 11.5 Å².